The Bertz CT molecular complexity index is 315. The van der Waals surface area contributed by atoms with E-state index >= 15 is 0 Å². The highest BCUT2D eigenvalue weighted by molar-refractivity contribution is 4.92. The number of hydrogen-bond acceptors (Lipinski definition) is 2. The lowest BCUT2D eigenvalue weighted by molar-refractivity contribution is 0.0671. The Balaban J connectivity index is 1.60. The Labute approximate surface area is 125 Å². The molecular formula is C18H34N2. The third kappa shape index (κ3) is 3.06. The summed E-state index contributed by atoms with van der Waals surface area (Å²) in [6.07, 6.45) is 11.3. The zero-order valence-corrected chi connectivity index (χ0v) is 13.6. The van der Waals surface area contributed by atoms with Crippen LogP contribution in [0, 0.1) is 23.7 Å². The van der Waals surface area contributed by atoms with Gasteiger partial charge in [-0.2, -0.15) is 0 Å². The van der Waals surface area contributed by atoms with Gasteiger partial charge in [0, 0.05) is 18.6 Å². The van der Waals surface area contributed by atoms with Crippen molar-refractivity contribution in [3.8, 4) is 0 Å². The molecule has 2 nitrogen and oxygen atoms in total. The van der Waals surface area contributed by atoms with E-state index in [0.717, 1.165) is 29.7 Å². The molecule has 20 heavy (non-hydrogen) atoms. The Morgan fingerprint density at radius 3 is 2.65 bits per heavy atom. The molecule has 3 aliphatic rings. The van der Waals surface area contributed by atoms with E-state index in [1.165, 1.54) is 64.5 Å². The molecule has 116 valence electrons. The van der Waals surface area contributed by atoms with Crippen molar-refractivity contribution in [2.75, 3.05) is 13.1 Å². The van der Waals surface area contributed by atoms with Crippen molar-refractivity contribution in [1.29, 1.82) is 0 Å². The minimum atomic E-state index is 0.465. The maximum atomic E-state index is 6.47. The largest absolute Gasteiger partial charge is 0.327 e. The summed E-state index contributed by atoms with van der Waals surface area (Å²) >= 11 is 0. The van der Waals surface area contributed by atoms with E-state index in [-0.39, 0.29) is 0 Å². The Morgan fingerprint density at radius 1 is 1.05 bits per heavy atom. The van der Waals surface area contributed by atoms with Crippen molar-refractivity contribution < 1.29 is 0 Å². The van der Waals surface area contributed by atoms with E-state index in [4.69, 9.17) is 5.73 Å². The highest BCUT2D eigenvalue weighted by Gasteiger charge is 2.38. The molecule has 5 atom stereocenters. The Morgan fingerprint density at radius 2 is 1.85 bits per heavy atom. The maximum Gasteiger partial charge on any atom is 0.0124 e. The van der Waals surface area contributed by atoms with E-state index in [0.29, 0.717) is 6.04 Å². The molecule has 3 rings (SSSR count). The number of piperidine rings is 1. The van der Waals surface area contributed by atoms with Crippen molar-refractivity contribution in [3.63, 3.8) is 0 Å². The lowest BCUT2D eigenvalue weighted by Gasteiger charge is -2.43. The van der Waals surface area contributed by atoms with Crippen LogP contribution in [0.4, 0.5) is 0 Å². The van der Waals surface area contributed by atoms with Gasteiger partial charge in [-0.25, -0.2) is 0 Å². The molecule has 2 N–H and O–H groups in total. The lowest BCUT2D eigenvalue weighted by Crippen LogP contribution is -2.49. The molecule has 0 bridgehead atoms. The molecule has 0 spiro atoms. The van der Waals surface area contributed by atoms with E-state index in [1.54, 1.807) is 0 Å². The monoisotopic (exact) mass is 278 g/mol. The van der Waals surface area contributed by atoms with Crippen LogP contribution in [0.25, 0.3) is 0 Å². The van der Waals surface area contributed by atoms with Crippen molar-refractivity contribution in [3.05, 3.63) is 0 Å². The van der Waals surface area contributed by atoms with E-state index in [9.17, 15) is 0 Å². The molecular weight excluding hydrogens is 244 g/mol. The molecule has 1 aliphatic heterocycles. The van der Waals surface area contributed by atoms with Crippen molar-refractivity contribution in [2.24, 2.45) is 29.4 Å². The smallest absolute Gasteiger partial charge is 0.0124 e. The number of fused-ring (bicyclic) bond motifs is 1. The summed E-state index contributed by atoms with van der Waals surface area (Å²) < 4.78 is 0. The lowest BCUT2D eigenvalue weighted by atomic mass is 9.73. The van der Waals surface area contributed by atoms with Crippen LogP contribution in [0.3, 0.4) is 0 Å². The highest BCUT2D eigenvalue weighted by Crippen LogP contribution is 2.39. The van der Waals surface area contributed by atoms with Crippen LogP contribution in [0.1, 0.15) is 65.2 Å². The van der Waals surface area contributed by atoms with Crippen molar-refractivity contribution in [1.82, 2.24) is 4.90 Å². The first-order chi connectivity index (χ1) is 9.65. The average Bonchev–Trinajstić information content (AvgIpc) is 2.90. The second-order valence-corrected chi connectivity index (χ2v) is 8.14. The van der Waals surface area contributed by atoms with Crippen LogP contribution in [0.15, 0.2) is 0 Å². The van der Waals surface area contributed by atoms with Crippen LogP contribution in [-0.2, 0) is 0 Å². The number of hydrogen-bond donors (Lipinski definition) is 1. The van der Waals surface area contributed by atoms with Crippen LogP contribution in [0.2, 0.25) is 0 Å². The first-order valence-electron chi connectivity index (χ1n) is 9.14. The molecule has 0 aromatic carbocycles. The summed E-state index contributed by atoms with van der Waals surface area (Å²) in [6, 6.07) is 1.38. The zero-order chi connectivity index (χ0) is 14.1. The van der Waals surface area contributed by atoms with Gasteiger partial charge in [0.2, 0.25) is 0 Å². The minimum Gasteiger partial charge on any atom is -0.327 e. The summed E-state index contributed by atoms with van der Waals surface area (Å²) in [4.78, 5) is 2.84. The van der Waals surface area contributed by atoms with Gasteiger partial charge in [-0.05, 0) is 75.2 Å². The number of rotatable bonds is 3. The summed E-state index contributed by atoms with van der Waals surface area (Å²) in [5.74, 6) is 3.54. The normalized spacial score (nSPS) is 42.9. The molecule has 3 fully saturated rings. The minimum absolute atomic E-state index is 0.465. The predicted molar refractivity (Wildman–Crippen MR) is 85.6 cm³/mol. The van der Waals surface area contributed by atoms with Gasteiger partial charge in [-0.3, -0.25) is 4.90 Å². The second kappa shape index (κ2) is 6.36. The molecule has 0 aromatic rings. The van der Waals surface area contributed by atoms with Gasteiger partial charge < -0.3 is 5.73 Å². The zero-order valence-electron chi connectivity index (χ0n) is 13.6. The number of nitrogens with two attached hydrogens (primary N) is 1. The summed E-state index contributed by atoms with van der Waals surface area (Å²) in [5, 5.41) is 0. The molecule has 2 aliphatic carbocycles. The van der Waals surface area contributed by atoms with Crippen LogP contribution in [0.5, 0.6) is 0 Å². The fraction of sp³-hybridized carbons (Fsp3) is 1.00. The molecule has 1 heterocycles. The topological polar surface area (TPSA) is 29.3 Å². The van der Waals surface area contributed by atoms with Crippen LogP contribution < -0.4 is 5.73 Å². The standard InChI is InChI=1S/C18H34N2/c1-13(2)15-8-9-17(19)16(11-15)12-20-10-4-6-14-5-3-7-18(14)20/h13-18H,3-12,19H2,1-2H3. The van der Waals surface area contributed by atoms with E-state index in [1.807, 2.05) is 0 Å². The first kappa shape index (κ1) is 14.8. The summed E-state index contributed by atoms with van der Waals surface area (Å²) in [7, 11) is 0. The van der Waals surface area contributed by atoms with Gasteiger partial charge in [0.05, 0.1) is 0 Å². The molecule has 5 unspecified atom stereocenters. The maximum absolute atomic E-state index is 6.47. The van der Waals surface area contributed by atoms with E-state index in [2.05, 4.69) is 18.7 Å². The highest BCUT2D eigenvalue weighted by atomic mass is 15.2. The summed E-state index contributed by atoms with van der Waals surface area (Å²) in [6.45, 7) is 7.43. The first-order valence-corrected chi connectivity index (χ1v) is 9.14. The second-order valence-electron chi connectivity index (χ2n) is 8.14. The fourth-order valence-electron chi connectivity index (χ4n) is 5.22. The van der Waals surface area contributed by atoms with Crippen molar-refractivity contribution >= 4 is 0 Å². The van der Waals surface area contributed by atoms with Gasteiger partial charge in [-0.1, -0.05) is 20.3 Å². The third-order valence-electron chi connectivity index (χ3n) is 6.60. The average molecular weight is 278 g/mol. The van der Waals surface area contributed by atoms with Gasteiger partial charge in [-0.15, -0.1) is 0 Å². The quantitative estimate of drug-likeness (QED) is 0.854. The Hall–Kier alpha value is -0.0800. The number of nitrogens with zero attached hydrogens (tertiary/aromatic N) is 1. The molecule has 0 radical (unpaired) electrons. The molecule has 1 saturated heterocycles. The molecule has 2 heteroatoms. The van der Waals surface area contributed by atoms with Crippen molar-refractivity contribution in [2.45, 2.75) is 77.3 Å². The molecule has 0 amide bonds. The molecule has 2 saturated carbocycles. The van der Waals surface area contributed by atoms with Gasteiger partial charge >= 0.3 is 0 Å². The summed E-state index contributed by atoms with van der Waals surface area (Å²) in [5.41, 5.74) is 6.47. The molecule has 0 aromatic heterocycles. The SMILES string of the molecule is CC(C)C1CCC(N)C(CN2CCCC3CCCC32)C1. The van der Waals surface area contributed by atoms with Crippen LogP contribution >= 0.6 is 0 Å². The Kier molecular flexibility index (Phi) is 4.72. The third-order valence-corrected chi connectivity index (χ3v) is 6.60. The van der Waals surface area contributed by atoms with Gasteiger partial charge in [0.1, 0.15) is 0 Å². The predicted octanol–water partition coefficient (Wildman–Crippen LogP) is 3.65. The van der Waals surface area contributed by atoms with Gasteiger partial charge in [0.15, 0.2) is 0 Å². The van der Waals surface area contributed by atoms with Gasteiger partial charge in [0.25, 0.3) is 0 Å². The fourth-order valence-corrected chi connectivity index (χ4v) is 5.22. The van der Waals surface area contributed by atoms with Crippen LogP contribution in [-0.4, -0.2) is 30.1 Å². The number of likely N-dealkylation sites (tertiary alicyclic amines) is 1. The van der Waals surface area contributed by atoms with E-state index < -0.39 is 0 Å².